The second kappa shape index (κ2) is 65.6. The summed E-state index contributed by atoms with van der Waals surface area (Å²) in [6, 6.07) is 0. The van der Waals surface area contributed by atoms with E-state index < -0.39 is 26.5 Å². The molecule has 79 heavy (non-hydrogen) atoms. The van der Waals surface area contributed by atoms with Gasteiger partial charge in [0.1, 0.15) is 6.61 Å². The molecule has 0 aromatic rings. The van der Waals surface area contributed by atoms with Crippen LogP contribution in [-0.2, 0) is 32.7 Å². The Kier molecular flexibility index (Phi) is 64.4. The molecule has 10 heteroatoms. The molecule has 0 spiro atoms. The maximum atomic E-state index is 12.7. The average Bonchev–Trinajstić information content (AvgIpc) is 3.44. The van der Waals surface area contributed by atoms with Gasteiger partial charge in [0, 0.05) is 19.4 Å². The number of unbranched alkanes of at least 4 members (excludes halogenated alkanes) is 50. The molecule has 0 heterocycles. The Morgan fingerprint density at radius 3 is 0.987 bits per heavy atom. The molecule has 0 fully saturated rings. The zero-order valence-corrected chi connectivity index (χ0v) is 53.5. The third-order valence-corrected chi connectivity index (χ3v) is 16.8. The third-order valence-electron chi connectivity index (χ3n) is 15.8. The van der Waals surface area contributed by atoms with E-state index in [2.05, 4.69) is 38.2 Å². The molecule has 0 aromatic heterocycles. The molecule has 0 rings (SSSR count). The highest BCUT2D eigenvalue weighted by atomic mass is 31.2. The SMILES string of the molecule is CCCCC/C=C\C/C=C\CCCCCCCCCC(=O)OC(COC(=O)CCCCCCCCCCCCCCCCCCCCCCCCCCCCCCCCCCCCCCCCCCC)COP(=O)(O)OCCN. The number of esters is 2. The Bertz CT molecular complexity index is 1340. The van der Waals surface area contributed by atoms with Gasteiger partial charge >= 0.3 is 19.8 Å². The van der Waals surface area contributed by atoms with Crippen LogP contribution in [0.25, 0.3) is 0 Å². The second-order valence-electron chi connectivity index (χ2n) is 23.8. The summed E-state index contributed by atoms with van der Waals surface area (Å²) in [5.74, 6) is -0.819. The van der Waals surface area contributed by atoms with Gasteiger partial charge in [0.05, 0.1) is 13.2 Å². The number of carbonyl (C=O) groups excluding carboxylic acids is 2. The highest BCUT2D eigenvalue weighted by molar-refractivity contribution is 7.47. The van der Waals surface area contributed by atoms with Crippen molar-refractivity contribution in [3.63, 3.8) is 0 Å². The lowest BCUT2D eigenvalue weighted by atomic mass is 10.0. The predicted octanol–water partition coefficient (Wildman–Crippen LogP) is 22.5. The van der Waals surface area contributed by atoms with E-state index in [1.165, 1.54) is 289 Å². The predicted molar refractivity (Wildman–Crippen MR) is 340 cm³/mol. The smallest absolute Gasteiger partial charge is 0.462 e. The molecule has 0 radical (unpaired) electrons. The molecule has 0 aromatic carbocycles. The summed E-state index contributed by atoms with van der Waals surface area (Å²) in [7, 11) is -4.39. The van der Waals surface area contributed by atoms with Crippen molar-refractivity contribution < 1.29 is 37.6 Å². The molecule has 0 aliphatic carbocycles. The van der Waals surface area contributed by atoms with Crippen LogP contribution in [0.1, 0.15) is 373 Å². The topological polar surface area (TPSA) is 134 Å². The van der Waals surface area contributed by atoms with Gasteiger partial charge in [-0.2, -0.15) is 0 Å². The molecule has 468 valence electrons. The van der Waals surface area contributed by atoms with Crippen molar-refractivity contribution >= 4 is 19.8 Å². The molecule has 9 nitrogen and oxygen atoms in total. The van der Waals surface area contributed by atoms with Crippen LogP contribution >= 0.6 is 7.82 Å². The van der Waals surface area contributed by atoms with E-state index in [-0.39, 0.29) is 38.6 Å². The minimum atomic E-state index is -4.39. The van der Waals surface area contributed by atoms with E-state index in [1.807, 2.05) is 0 Å². The van der Waals surface area contributed by atoms with Gasteiger partial charge in [-0.05, 0) is 44.9 Å². The summed E-state index contributed by atoms with van der Waals surface area (Å²) < 4.78 is 33.1. The highest BCUT2D eigenvalue weighted by Gasteiger charge is 2.26. The molecule has 2 unspecified atom stereocenters. The van der Waals surface area contributed by atoms with Crippen molar-refractivity contribution in [2.24, 2.45) is 5.73 Å². The second-order valence-corrected chi connectivity index (χ2v) is 25.2. The first-order chi connectivity index (χ1) is 38.8. The minimum absolute atomic E-state index is 0.0540. The Morgan fingerprint density at radius 2 is 0.658 bits per heavy atom. The molecule has 0 saturated carbocycles. The standard InChI is InChI=1S/C69H134NO8P/c1-3-5-7-9-11-13-15-17-19-21-22-23-24-25-26-27-28-29-30-31-32-33-34-35-36-37-38-39-40-41-42-43-44-46-47-49-51-53-55-57-59-61-68(71)75-65-67(66-77-79(73,74)76-64-63-70)78-69(72)62-60-58-56-54-52-50-48-45-20-18-16-14-12-10-8-6-4-2/h12,14,18,20,67H,3-11,13,15-17,19,21-66,70H2,1-2H3,(H,73,74)/b14-12-,20-18-. The van der Waals surface area contributed by atoms with Gasteiger partial charge < -0.3 is 20.1 Å². The van der Waals surface area contributed by atoms with E-state index in [0.717, 1.165) is 51.4 Å². The van der Waals surface area contributed by atoms with Crippen LogP contribution in [0.5, 0.6) is 0 Å². The number of allylic oxidation sites excluding steroid dienone is 4. The molecule has 3 N–H and O–H groups in total. The summed E-state index contributed by atoms with van der Waals surface area (Å²) in [6.07, 6.45) is 80.2. The van der Waals surface area contributed by atoms with Gasteiger partial charge in [-0.15, -0.1) is 0 Å². The van der Waals surface area contributed by atoms with Gasteiger partial charge in [-0.25, -0.2) is 4.57 Å². The maximum absolute atomic E-state index is 12.7. The fraction of sp³-hybridized carbons (Fsp3) is 0.913. The number of hydrogen-bond acceptors (Lipinski definition) is 8. The Labute approximate surface area is 491 Å². The van der Waals surface area contributed by atoms with Crippen molar-refractivity contribution in [3.05, 3.63) is 24.3 Å². The molecule has 0 amide bonds. The summed E-state index contributed by atoms with van der Waals surface area (Å²) in [4.78, 5) is 35.2. The average molecular weight is 1140 g/mol. The number of rotatable bonds is 67. The lowest BCUT2D eigenvalue weighted by Gasteiger charge is -2.19. The molecule has 0 bridgehead atoms. The summed E-state index contributed by atoms with van der Waals surface area (Å²) in [6.45, 7) is 3.77. The van der Waals surface area contributed by atoms with E-state index in [0.29, 0.717) is 6.42 Å². The fourth-order valence-electron chi connectivity index (χ4n) is 10.7. The van der Waals surface area contributed by atoms with Gasteiger partial charge in [0.2, 0.25) is 0 Å². The molecular formula is C69H134NO8P. The van der Waals surface area contributed by atoms with Crippen LogP contribution < -0.4 is 5.73 Å². The van der Waals surface area contributed by atoms with E-state index in [1.54, 1.807) is 0 Å². The number of carbonyl (C=O) groups is 2. The van der Waals surface area contributed by atoms with E-state index in [4.69, 9.17) is 24.3 Å². The lowest BCUT2D eigenvalue weighted by Crippen LogP contribution is -2.29. The zero-order valence-electron chi connectivity index (χ0n) is 52.6. The summed E-state index contributed by atoms with van der Waals surface area (Å²) in [5.41, 5.74) is 5.39. The van der Waals surface area contributed by atoms with Gasteiger partial charge in [-0.1, -0.05) is 340 Å². The number of phosphoric acid groups is 1. The fourth-order valence-corrected chi connectivity index (χ4v) is 11.4. The van der Waals surface area contributed by atoms with Crippen molar-refractivity contribution in [3.8, 4) is 0 Å². The first-order valence-electron chi connectivity index (χ1n) is 34.8. The van der Waals surface area contributed by atoms with E-state index in [9.17, 15) is 19.0 Å². The number of nitrogens with two attached hydrogens (primary N) is 1. The monoisotopic (exact) mass is 1140 g/mol. The number of ether oxygens (including phenoxy) is 2. The van der Waals surface area contributed by atoms with Crippen molar-refractivity contribution in [1.29, 1.82) is 0 Å². The Hall–Kier alpha value is -1.51. The van der Waals surface area contributed by atoms with Gasteiger partial charge in [0.15, 0.2) is 6.10 Å². The molecule has 0 saturated heterocycles. The summed E-state index contributed by atoms with van der Waals surface area (Å²) >= 11 is 0. The zero-order chi connectivity index (χ0) is 57.3. The molecule has 0 aliphatic heterocycles. The summed E-state index contributed by atoms with van der Waals surface area (Å²) in [5, 5.41) is 0. The number of hydrogen-bond donors (Lipinski definition) is 2. The van der Waals surface area contributed by atoms with Crippen molar-refractivity contribution in [2.45, 2.75) is 380 Å². The van der Waals surface area contributed by atoms with Crippen LogP contribution in [0.4, 0.5) is 0 Å². The van der Waals surface area contributed by atoms with Crippen LogP contribution in [0.15, 0.2) is 24.3 Å². The maximum Gasteiger partial charge on any atom is 0.472 e. The van der Waals surface area contributed by atoms with Crippen LogP contribution in [-0.4, -0.2) is 49.3 Å². The van der Waals surface area contributed by atoms with Crippen LogP contribution in [0.2, 0.25) is 0 Å². The van der Waals surface area contributed by atoms with Gasteiger partial charge in [-0.3, -0.25) is 18.6 Å². The minimum Gasteiger partial charge on any atom is -0.462 e. The molecular weight excluding hydrogens is 1000 g/mol. The Morgan fingerprint density at radius 1 is 0.380 bits per heavy atom. The van der Waals surface area contributed by atoms with Crippen molar-refractivity contribution in [2.75, 3.05) is 26.4 Å². The van der Waals surface area contributed by atoms with Crippen molar-refractivity contribution in [1.82, 2.24) is 0 Å². The Balaban J connectivity index is 3.69. The van der Waals surface area contributed by atoms with E-state index >= 15 is 0 Å². The normalized spacial score (nSPS) is 13.0. The third kappa shape index (κ3) is 65.5. The lowest BCUT2D eigenvalue weighted by molar-refractivity contribution is -0.161. The largest absolute Gasteiger partial charge is 0.472 e. The van der Waals surface area contributed by atoms with Crippen LogP contribution in [0.3, 0.4) is 0 Å². The van der Waals surface area contributed by atoms with Crippen LogP contribution in [0, 0.1) is 0 Å². The molecule has 0 aliphatic rings. The highest BCUT2D eigenvalue weighted by Crippen LogP contribution is 2.43. The molecule has 2 atom stereocenters. The first kappa shape index (κ1) is 77.5. The van der Waals surface area contributed by atoms with Gasteiger partial charge in [0.25, 0.3) is 0 Å². The quantitative estimate of drug-likeness (QED) is 0.0264. The number of phosphoric ester groups is 1. The first-order valence-corrected chi connectivity index (χ1v) is 36.3.